The average Bonchev–Trinajstić information content (AvgIpc) is 3.59. The molecule has 0 N–H and O–H groups in total. The van der Waals surface area contributed by atoms with Crippen molar-refractivity contribution < 1.29 is 9.53 Å². The fourth-order valence-corrected chi connectivity index (χ4v) is 5.33. The summed E-state index contributed by atoms with van der Waals surface area (Å²) in [4.78, 5) is 25.4. The first kappa shape index (κ1) is 22.6. The van der Waals surface area contributed by atoms with Crippen LogP contribution in [-0.2, 0) is 11.2 Å². The van der Waals surface area contributed by atoms with Gasteiger partial charge in [-0.25, -0.2) is 9.97 Å². The lowest BCUT2D eigenvalue weighted by atomic mass is 9.90. The molecule has 1 aliphatic carbocycles. The number of hydrogen-bond donors (Lipinski definition) is 0. The van der Waals surface area contributed by atoms with Gasteiger partial charge in [-0.3, -0.25) is 4.79 Å². The Balaban J connectivity index is 1.04. The zero-order valence-electron chi connectivity index (χ0n) is 19.9. The Morgan fingerprint density at radius 1 is 1.18 bits per heavy atom. The molecule has 2 unspecified atom stereocenters. The molecule has 2 atom stereocenters. The number of ether oxygens (including phenoxy) is 1. The molecule has 0 spiro atoms. The molecule has 34 heavy (non-hydrogen) atoms. The fourth-order valence-electron chi connectivity index (χ4n) is 5.33. The summed E-state index contributed by atoms with van der Waals surface area (Å²) in [6.07, 6.45) is 9.94. The molecular weight excluding hydrogens is 426 g/mol. The van der Waals surface area contributed by atoms with E-state index in [4.69, 9.17) is 4.74 Å². The number of nitrogens with zero attached hydrogens (tertiary/aromatic N) is 5. The number of aryl methyl sites for hydroxylation is 1. The zero-order valence-corrected chi connectivity index (χ0v) is 19.9. The van der Waals surface area contributed by atoms with Crippen molar-refractivity contribution >= 4 is 11.9 Å². The highest BCUT2D eigenvalue weighted by Gasteiger charge is 2.43. The first-order valence-electron chi connectivity index (χ1n) is 12.6. The molecule has 7 nitrogen and oxygen atoms in total. The largest absolute Gasteiger partial charge is 0.494 e. The van der Waals surface area contributed by atoms with Crippen LogP contribution in [0.1, 0.15) is 48.8 Å². The molecule has 0 radical (unpaired) electrons. The lowest BCUT2D eigenvalue weighted by Gasteiger charge is -2.32. The number of amides is 1. The van der Waals surface area contributed by atoms with Gasteiger partial charge in [0.2, 0.25) is 11.9 Å². The Morgan fingerprint density at radius 2 is 1.94 bits per heavy atom. The molecular formula is C27H33N5O2. The Labute approximate surface area is 201 Å². The van der Waals surface area contributed by atoms with E-state index in [2.05, 4.69) is 20.9 Å². The molecule has 5 rings (SSSR count). The summed E-state index contributed by atoms with van der Waals surface area (Å²) in [6, 6.07) is 7.78. The second-order valence-corrected chi connectivity index (χ2v) is 10.0. The van der Waals surface area contributed by atoms with Crippen LogP contribution in [0.3, 0.4) is 0 Å². The van der Waals surface area contributed by atoms with Crippen molar-refractivity contribution in [2.45, 2.75) is 45.4 Å². The van der Waals surface area contributed by atoms with E-state index in [1.165, 1.54) is 19.3 Å². The molecule has 3 aliphatic rings. The number of hydrogen-bond acceptors (Lipinski definition) is 6. The van der Waals surface area contributed by atoms with Crippen LogP contribution in [0.4, 0.5) is 5.95 Å². The van der Waals surface area contributed by atoms with Gasteiger partial charge in [0.25, 0.3) is 0 Å². The Hall–Kier alpha value is -3.14. The highest BCUT2D eigenvalue weighted by molar-refractivity contribution is 5.80. The number of likely N-dealkylation sites (tertiary alicyclic amines) is 1. The van der Waals surface area contributed by atoms with Gasteiger partial charge in [-0.1, -0.05) is 6.07 Å². The number of anilines is 1. The maximum Gasteiger partial charge on any atom is 0.227 e. The number of rotatable bonds is 8. The van der Waals surface area contributed by atoms with Crippen LogP contribution in [0.2, 0.25) is 0 Å². The maximum atomic E-state index is 12.2. The number of aromatic nitrogens is 2. The van der Waals surface area contributed by atoms with Gasteiger partial charge in [0.05, 0.1) is 24.7 Å². The molecule has 1 aromatic heterocycles. The summed E-state index contributed by atoms with van der Waals surface area (Å²) in [5.74, 6) is 4.04. The third-order valence-electron chi connectivity index (χ3n) is 7.68. The summed E-state index contributed by atoms with van der Waals surface area (Å²) in [6.45, 7) is 6.44. The minimum atomic E-state index is 0.105. The summed E-state index contributed by atoms with van der Waals surface area (Å²) in [5.41, 5.74) is 2.43. The Bertz CT molecular complexity index is 1050. The van der Waals surface area contributed by atoms with Crippen LogP contribution in [-0.4, -0.2) is 53.6 Å². The van der Waals surface area contributed by atoms with Gasteiger partial charge >= 0.3 is 0 Å². The highest BCUT2D eigenvalue weighted by Crippen LogP contribution is 2.49. The SMILES string of the molecule is Cc1cnc(N2CCC(C3CC3CCOc3ccc(CC(=O)N4CCC4)c(C#N)c3)CC2)nc1. The van der Waals surface area contributed by atoms with Crippen LogP contribution in [0, 0.1) is 36.0 Å². The van der Waals surface area contributed by atoms with E-state index >= 15 is 0 Å². The van der Waals surface area contributed by atoms with Gasteiger partial charge in [0.1, 0.15) is 5.75 Å². The summed E-state index contributed by atoms with van der Waals surface area (Å²) in [5, 5.41) is 9.53. The van der Waals surface area contributed by atoms with Crippen LogP contribution in [0.5, 0.6) is 5.75 Å². The summed E-state index contributed by atoms with van der Waals surface area (Å²) >= 11 is 0. The van der Waals surface area contributed by atoms with E-state index in [1.54, 1.807) is 6.07 Å². The molecule has 1 amide bonds. The lowest BCUT2D eigenvalue weighted by molar-refractivity contribution is -0.133. The predicted octanol–water partition coefficient (Wildman–Crippen LogP) is 3.75. The van der Waals surface area contributed by atoms with Crippen molar-refractivity contribution in [1.29, 1.82) is 5.26 Å². The van der Waals surface area contributed by atoms with Crippen molar-refractivity contribution in [3.8, 4) is 11.8 Å². The first-order valence-corrected chi connectivity index (χ1v) is 12.6. The molecule has 3 heterocycles. The van der Waals surface area contributed by atoms with Crippen molar-refractivity contribution in [3.63, 3.8) is 0 Å². The van der Waals surface area contributed by atoms with Gasteiger partial charge in [-0.05, 0) is 80.0 Å². The molecule has 1 saturated carbocycles. The van der Waals surface area contributed by atoms with E-state index in [-0.39, 0.29) is 5.91 Å². The number of carbonyl (C=O) groups excluding carboxylic acids is 1. The maximum absolute atomic E-state index is 12.2. The molecule has 7 heteroatoms. The Kier molecular flexibility index (Phi) is 6.66. The molecule has 2 aliphatic heterocycles. The summed E-state index contributed by atoms with van der Waals surface area (Å²) < 4.78 is 5.99. The topological polar surface area (TPSA) is 82.4 Å². The number of carbonyl (C=O) groups is 1. The van der Waals surface area contributed by atoms with Gasteiger partial charge in [-0.2, -0.15) is 5.26 Å². The zero-order chi connectivity index (χ0) is 23.5. The van der Waals surface area contributed by atoms with Crippen molar-refractivity contribution in [2.24, 2.45) is 17.8 Å². The molecule has 178 valence electrons. The van der Waals surface area contributed by atoms with E-state index in [9.17, 15) is 10.1 Å². The minimum Gasteiger partial charge on any atom is -0.494 e. The Morgan fingerprint density at radius 3 is 2.62 bits per heavy atom. The monoisotopic (exact) mass is 459 g/mol. The van der Waals surface area contributed by atoms with E-state index in [1.807, 2.05) is 36.4 Å². The normalized spacial score (nSPS) is 22.1. The van der Waals surface area contributed by atoms with Gasteiger partial charge < -0.3 is 14.5 Å². The van der Waals surface area contributed by atoms with E-state index in [0.717, 1.165) is 79.6 Å². The third-order valence-corrected chi connectivity index (χ3v) is 7.68. The van der Waals surface area contributed by atoms with Crippen LogP contribution >= 0.6 is 0 Å². The predicted molar refractivity (Wildman–Crippen MR) is 129 cm³/mol. The van der Waals surface area contributed by atoms with Crippen LogP contribution in [0.15, 0.2) is 30.6 Å². The molecule has 3 fully saturated rings. The fraction of sp³-hybridized carbons (Fsp3) is 0.556. The second kappa shape index (κ2) is 10.0. The van der Waals surface area contributed by atoms with Crippen molar-refractivity contribution in [1.82, 2.24) is 14.9 Å². The number of nitriles is 1. The van der Waals surface area contributed by atoms with Crippen molar-refractivity contribution in [3.05, 3.63) is 47.3 Å². The van der Waals surface area contributed by atoms with E-state index in [0.29, 0.717) is 18.6 Å². The highest BCUT2D eigenvalue weighted by atomic mass is 16.5. The minimum absolute atomic E-state index is 0.105. The van der Waals surface area contributed by atoms with Crippen molar-refractivity contribution in [2.75, 3.05) is 37.7 Å². The quantitative estimate of drug-likeness (QED) is 0.598. The molecule has 1 aromatic carbocycles. The summed E-state index contributed by atoms with van der Waals surface area (Å²) in [7, 11) is 0. The second-order valence-electron chi connectivity index (χ2n) is 10.0. The molecule has 0 bridgehead atoms. The lowest BCUT2D eigenvalue weighted by Crippen LogP contribution is -2.42. The van der Waals surface area contributed by atoms with Gasteiger partial charge in [-0.15, -0.1) is 0 Å². The average molecular weight is 460 g/mol. The van der Waals surface area contributed by atoms with Gasteiger partial charge in [0.15, 0.2) is 0 Å². The molecule has 2 aromatic rings. The number of benzene rings is 1. The molecule has 2 saturated heterocycles. The van der Waals surface area contributed by atoms with Crippen LogP contribution < -0.4 is 9.64 Å². The van der Waals surface area contributed by atoms with Gasteiger partial charge in [0, 0.05) is 38.6 Å². The standard InChI is InChI=1S/C27H33N5O2/c1-19-17-29-27(30-18-19)32-10-5-20(6-11-32)25-14-22(25)7-12-34-24-4-3-21(23(13-24)16-28)15-26(33)31-8-2-9-31/h3-4,13,17-18,20,22,25H,2,5-12,14-15H2,1H3. The third kappa shape index (κ3) is 5.16. The van der Waals surface area contributed by atoms with E-state index < -0.39 is 0 Å². The van der Waals surface area contributed by atoms with Crippen LogP contribution in [0.25, 0.3) is 0 Å². The smallest absolute Gasteiger partial charge is 0.227 e. The number of piperidine rings is 1. The first-order chi connectivity index (χ1) is 16.6.